The summed E-state index contributed by atoms with van der Waals surface area (Å²) in [5, 5.41) is 12.9. The van der Waals surface area contributed by atoms with E-state index in [1.807, 2.05) is 6.92 Å². The number of carbonyl (C=O) groups excluding carboxylic acids is 2. The van der Waals surface area contributed by atoms with Gasteiger partial charge >= 0.3 is 6.55 Å². The van der Waals surface area contributed by atoms with Gasteiger partial charge < -0.3 is 15.1 Å². The molecule has 3 aromatic rings. The monoisotopic (exact) mass is 392 g/mol. The van der Waals surface area contributed by atoms with Crippen molar-refractivity contribution in [2.24, 2.45) is 0 Å². The van der Waals surface area contributed by atoms with E-state index in [1.165, 1.54) is 30.1 Å². The second-order valence-electron chi connectivity index (χ2n) is 5.86. The van der Waals surface area contributed by atoms with Crippen molar-refractivity contribution in [1.82, 2.24) is 24.9 Å². The fourth-order valence-corrected chi connectivity index (χ4v) is 2.49. The first-order chi connectivity index (χ1) is 13.4. The molecular weight excluding hydrogens is 374 g/mol. The number of anilines is 1. The maximum atomic E-state index is 12.8. The molecule has 0 saturated carbocycles. The van der Waals surface area contributed by atoms with Crippen LogP contribution in [0.3, 0.4) is 0 Å². The molecule has 148 valence electrons. The third kappa shape index (κ3) is 4.08. The number of hydrogen-bond donors (Lipinski definition) is 2. The van der Waals surface area contributed by atoms with Crippen LogP contribution in [0, 0.1) is 6.92 Å². The van der Waals surface area contributed by atoms with Crippen LogP contribution in [0.25, 0.3) is 0 Å². The second-order valence-corrected chi connectivity index (χ2v) is 5.86. The van der Waals surface area contributed by atoms with Crippen LogP contribution in [0.1, 0.15) is 45.9 Å². The Morgan fingerprint density at radius 2 is 2.07 bits per heavy atom. The predicted octanol–water partition coefficient (Wildman–Crippen LogP) is 2.58. The summed E-state index contributed by atoms with van der Waals surface area (Å²) in [6, 6.07) is 4.64. The Labute approximate surface area is 158 Å². The van der Waals surface area contributed by atoms with Crippen molar-refractivity contribution in [2.45, 2.75) is 33.5 Å². The fourth-order valence-electron chi connectivity index (χ4n) is 2.49. The molecule has 0 aliphatic heterocycles. The first-order valence-corrected chi connectivity index (χ1v) is 8.42. The lowest BCUT2D eigenvalue weighted by Crippen LogP contribution is -2.25. The molecule has 28 heavy (non-hydrogen) atoms. The maximum absolute atomic E-state index is 12.8. The van der Waals surface area contributed by atoms with Gasteiger partial charge in [0.2, 0.25) is 0 Å². The SMILES string of the molecule is CCn1cc(NC(=O)c2cc(C)n(C(F)F)n2)c(C(=O)NCc2ccco2)n1. The molecule has 0 spiro atoms. The quantitative estimate of drug-likeness (QED) is 0.643. The minimum atomic E-state index is -2.85. The molecule has 2 amide bonds. The zero-order valence-electron chi connectivity index (χ0n) is 15.1. The lowest BCUT2D eigenvalue weighted by molar-refractivity contribution is 0.0540. The van der Waals surface area contributed by atoms with Gasteiger partial charge in [0.05, 0.1) is 18.5 Å². The molecule has 0 aromatic carbocycles. The Balaban J connectivity index is 1.77. The van der Waals surface area contributed by atoms with Gasteiger partial charge in [0, 0.05) is 18.4 Å². The first-order valence-electron chi connectivity index (χ1n) is 8.42. The Kier molecular flexibility index (Phi) is 5.52. The molecule has 0 bridgehead atoms. The van der Waals surface area contributed by atoms with Gasteiger partial charge in [-0.1, -0.05) is 0 Å². The Morgan fingerprint density at radius 3 is 2.68 bits per heavy atom. The van der Waals surface area contributed by atoms with Gasteiger partial charge in [0.15, 0.2) is 11.4 Å². The van der Waals surface area contributed by atoms with Crippen LogP contribution in [0.2, 0.25) is 0 Å². The normalized spacial score (nSPS) is 11.0. The van der Waals surface area contributed by atoms with Crippen LogP contribution in [0.4, 0.5) is 14.5 Å². The van der Waals surface area contributed by atoms with Crippen LogP contribution in [-0.4, -0.2) is 31.4 Å². The summed E-state index contributed by atoms with van der Waals surface area (Å²) in [4.78, 5) is 24.9. The zero-order chi connectivity index (χ0) is 20.3. The predicted molar refractivity (Wildman–Crippen MR) is 93.9 cm³/mol. The number of aromatic nitrogens is 4. The highest BCUT2D eigenvalue weighted by Crippen LogP contribution is 2.18. The van der Waals surface area contributed by atoms with Gasteiger partial charge in [0.25, 0.3) is 11.8 Å². The van der Waals surface area contributed by atoms with Crippen LogP contribution >= 0.6 is 0 Å². The molecule has 0 fully saturated rings. The van der Waals surface area contributed by atoms with Gasteiger partial charge in [0.1, 0.15) is 5.76 Å². The summed E-state index contributed by atoms with van der Waals surface area (Å²) >= 11 is 0. The molecule has 0 aliphatic carbocycles. The smallest absolute Gasteiger partial charge is 0.333 e. The number of hydrogen-bond acceptors (Lipinski definition) is 5. The molecule has 2 N–H and O–H groups in total. The van der Waals surface area contributed by atoms with E-state index in [0.29, 0.717) is 17.0 Å². The lowest BCUT2D eigenvalue weighted by atomic mass is 10.3. The average molecular weight is 392 g/mol. The molecule has 0 unspecified atom stereocenters. The highest BCUT2D eigenvalue weighted by Gasteiger charge is 2.22. The summed E-state index contributed by atoms with van der Waals surface area (Å²) < 4.78 is 32.8. The van der Waals surface area contributed by atoms with Crippen molar-refractivity contribution in [3.05, 3.63) is 53.5 Å². The van der Waals surface area contributed by atoms with E-state index in [9.17, 15) is 18.4 Å². The number of carbonyl (C=O) groups is 2. The Hall–Kier alpha value is -3.50. The van der Waals surface area contributed by atoms with Crippen molar-refractivity contribution in [1.29, 1.82) is 0 Å². The summed E-state index contributed by atoms with van der Waals surface area (Å²) in [6.45, 7) is 0.992. The number of amides is 2. The van der Waals surface area contributed by atoms with E-state index in [4.69, 9.17) is 4.42 Å². The molecule has 9 nitrogen and oxygen atoms in total. The molecule has 0 radical (unpaired) electrons. The van der Waals surface area contributed by atoms with Crippen LogP contribution < -0.4 is 10.6 Å². The fraction of sp³-hybridized carbons (Fsp3) is 0.294. The minimum Gasteiger partial charge on any atom is -0.467 e. The molecule has 0 aliphatic rings. The van der Waals surface area contributed by atoms with Crippen molar-refractivity contribution < 1.29 is 22.8 Å². The first kappa shape index (κ1) is 19.3. The molecule has 3 rings (SSSR count). The zero-order valence-corrected chi connectivity index (χ0v) is 15.1. The Bertz CT molecular complexity index is 977. The van der Waals surface area contributed by atoms with E-state index in [1.54, 1.807) is 12.1 Å². The van der Waals surface area contributed by atoms with E-state index in [-0.39, 0.29) is 29.3 Å². The number of halogens is 2. The molecule has 3 heterocycles. The van der Waals surface area contributed by atoms with E-state index in [0.717, 1.165) is 0 Å². The van der Waals surface area contributed by atoms with E-state index < -0.39 is 18.4 Å². The van der Waals surface area contributed by atoms with E-state index >= 15 is 0 Å². The Morgan fingerprint density at radius 1 is 1.29 bits per heavy atom. The summed E-state index contributed by atoms with van der Waals surface area (Å²) in [7, 11) is 0. The number of nitrogens with zero attached hydrogens (tertiary/aromatic N) is 4. The number of furan rings is 1. The number of nitrogens with one attached hydrogen (secondary N) is 2. The third-order valence-electron chi connectivity index (χ3n) is 3.89. The summed E-state index contributed by atoms with van der Waals surface area (Å²) in [5.74, 6) is -0.687. The summed E-state index contributed by atoms with van der Waals surface area (Å²) in [5.41, 5.74) is 0.0876. The van der Waals surface area contributed by atoms with E-state index in [2.05, 4.69) is 20.8 Å². The van der Waals surface area contributed by atoms with Crippen LogP contribution in [0.5, 0.6) is 0 Å². The maximum Gasteiger partial charge on any atom is 0.333 e. The van der Waals surface area contributed by atoms with Gasteiger partial charge in [-0.05, 0) is 32.0 Å². The third-order valence-corrected chi connectivity index (χ3v) is 3.89. The summed E-state index contributed by atoms with van der Waals surface area (Å²) in [6.07, 6.45) is 2.97. The average Bonchev–Trinajstić information content (AvgIpc) is 3.39. The number of rotatable bonds is 7. The largest absolute Gasteiger partial charge is 0.467 e. The minimum absolute atomic E-state index is 0.00762. The van der Waals surface area contributed by atoms with Crippen molar-refractivity contribution in [3.8, 4) is 0 Å². The topological polar surface area (TPSA) is 107 Å². The molecule has 0 atom stereocenters. The van der Waals surface area contributed by atoms with Gasteiger partial charge in [-0.3, -0.25) is 14.3 Å². The molecule has 11 heteroatoms. The van der Waals surface area contributed by atoms with Gasteiger partial charge in [-0.25, -0.2) is 4.68 Å². The second kappa shape index (κ2) is 8.03. The standard InChI is InChI=1S/C17H18F2N6O3/c1-3-24-9-13(14(23-24)16(27)20-8-11-5-4-6-28-11)21-15(26)12-7-10(2)25(22-12)17(18)19/h4-7,9,17H,3,8H2,1-2H3,(H,20,27)(H,21,26). The number of alkyl halides is 2. The van der Waals surface area contributed by atoms with Crippen molar-refractivity contribution in [2.75, 3.05) is 5.32 Å². The molecule has 0 saturated heterocycles. The molecular formula is C17H18F2N6O3. The highest BCUT2D eigenvalue weighted by atomic mass is 19.3. The van der Waals surface area contributed by atoms with Gasteiger partial charge in [-0.15, -0.1) is 0 Å². The van der Waals surface area contributed by atoms with Crippen molar-refractivity contribution >= 4 is 17.5 Å². The van der Waals surface area contributed by atoms with Crippen LogP contribution in [-0.2, 0) is 13.1 Å². The lowest BCUT2D eigenvalue weighted by Gasteiger charge is -2.04. The van der Waals surface area contributed by atoms with Crippen molar-refractivity contribution in [3.63, 3.8) is 0 Å². The van der Waals surface area contributed by atoms with Gasteiger partial charge in [-0.2, -0.15) is 19.0 Å². The van der Waals surface area contributed by atoms with Crippen LogP contribution in [0.15, 0.2) is 35.1 Å². The highest BCUT2D eigenvalue weighted by molar-refractivity contribution is 6.07. The number of aryl methyl sites for hydroxylation is 2. The molecule has 3 aromatic heterocycles.